The Labute approximate surface area is 175 Å². The lowest BCUT2D eigenvalue weighted by molar-refractivity contribution is -0.145. The fraction of sp³-hybridized carbons (Fsp3) is 0.222. The molecule has 0 aliphatic rings. The number of carbonyl (C=O) groups is 2. The summed E-state index contributed by atoms with van der Waals surface area (Å²) in [4.78, 5) is 24.0. The first-order valence-corrected chi connectivity index (χ1v) is 13.8. The van der Waals surface area contributed by atoms with Gasteiger partial charge in [-0.1, -0.05) is 24.3 Å². The largest absolute Gasteiger partial charge is 0.508 e. The van der Waals surface area contributed by atoms with Crippen LogP contribution in [0.15, 0.2) is 48.5 Å². The van der Waals surface area contributed by atoms with Crippen molar-refractivity contribution in [2.24, 2.45) is 0 Å². The first-order chi connectivity index (χ1) is 12.5. The molecule has 0 bridgehead atoms. The van der Waals surface area contributed by atoms with Crippen LogP contribution in [0.25, 0.3) is 0 Å². The normalized spacial score (nSPS) is 10.9. The third-order valence-corrected chi connectivity index (χ3v) is 3.50. The van der Waals surface area contributed by atoms with E-state index in [0.717, 1.165) is 11.1 Å². The van der Waals surface area contributed by atoms with Crippen LogP contribution < -0.4 is 5.32 Å². The highest BCUT2D eigenvalue weighted by atomic mass is 128. The van der Waals surface area contributed by atoms with Gasteiger partial charge in [-0.2, -0.15) is 0 Å². The minimum Gasteiger partial charge on any atom is -0.508 e. The Bertz CT molecular complexity index is 705. The van der Waals surface area contributed by atoms with Gasteiger partial charge in [-0.15, -0.1) is 0 Å². The van der Waals surface area contributed by atoms with Gasteiger partial charge in [0, 0.05) is 43.7 Å². The number of phenolic OH excluding ortho intramolecular Hbond substituents is 2. The van der Waals surface area contributed by atoms with Gasteiger partial charge in [0.05, 0.1) is 13.5 Å². The second-order valence-corrected chi connectivity index (χ2v) is 5.36. The SMILES string of the molecule is COC(=O)C(Cc1ccc(O)cc1)NC(=O)Cc1ccc(O)cc1.II. The summed E-state index contributed by atoms with van der Waals surface area (Å²) in [7, 11) is 1.26. The van der Waals surface area contributed by atoms with Crippen LogP contribution >= 0.6 is 37.2 Å². The Balaban J connectivity index is 0.00000163. The van der Waals surface area contributed by atoms with Crippen molar-refractivity contribution >= 4 is 49.1 Å². The van der Waals surface area contributed by atoms with Crippen LogP contribution in [0, 0.1) is 0 Å². The summed E-state index contributed by atoms with van der Waals surface area (Å²) in [6.45, 7) is 0. The topological polar surface area (TPSA) is 95.9 Å². The Kier molecular flexibility index (Phi) is 10.3. The molecule has 0 aliphatic heterocycles. The molecule has 26 heavy (non-hydrogen) atoms. The molecule has 0 aromatic heterocycles. The molecule has 8 heteroatoms. The van der Waals surface area contributed by atoms with Crippen LogP contribution in [0.2, 0.25) is 0 Å². The molecule has 0 spiro atoms. The maximum atomic E-state index is 12.2. The van der Waals surface area contributed by atoms with Gasteiger partial charge >= 0.3 is 5.97 Å². The maximum absolute atomic E-state index is 12.2. The van der Waals surface area contributed by atoms with E-state index in [2.05, 4.69) is 42.5 Å². The van der Waals surface area contributed by atoms with Crippen molar-refractivity contribution in [1.29, 1.82) is 0 Å². The van der Waals surface area contributed by atoms with Gasteiger partial charge in [-0.25, -0.2) is 4.79 Å². The van der Waals surface area contributed by atoms with E-state index in [1.54, 1.807) is 24.3 Å². The van der Waals surface area contributed by atoms with Crippen LogP contribution in [0.5, 0.6) is 11.5 Å². The van der Waals surface area contributed by atoms with E-state index >= 15 is 0 Å². The van der Waals surface area contributed by atoms with Crippen LogP contribution in [-0.2, 0) is 27.2 Å². The predicted molar refractivity (Wildman–Crippen MR) is 116 cm³/mol. The third-order valence-electron chi connectivity index (χ3n) is 3.50. The van der Waals surface area contributed by atoms with Crippen LogP contribution in [0.1, 0.15) is 11.1 Å². The molecule has 0 saturated carbocycles. The van der Waals surface area contributed by atoms with Crippen molar-refractivity contribution in [2.45, 2.75) is 18.9 Å². The standard InChI is InChI=1S/C18H19NO5.I2/c1-24-18(23)16(10-12-2-6-14(20)7-3-12)19-17(22)11-13-4-8-15(21)9-5-13;1-2/h2-9,16,20-21H,10-11H2,1H3,(H,19,22);. The lowest BCUT2D eigenvalue weighted by Crippen LogP contribution is -2.43. The van der Waals surface area contributed by atoms with Crippen LogP contribution in [-0.4, -0.2) is 35.2 Å². The first kappa shape index (κ1) is 22.5. The van der Waals surface area contributed by atoms with Gasteiger partial charge in [-0.05, 0) is 35.4 Å². The smallest absolute Gasteiger partial charge is 0.328 e. The van der Waals surface area contributed by atoms with E-state index in [-0.39, 0.29) is 30.2 Å². The summed E-state index contributed by atoms with van der Waals surface area (Å²) in [6.07, 6.45) is 0.345. The minimum atomic E-state index is -0.816. The van der Waals surface area contributed by atoms with Gasteiger partial charge in [0.2, 0.25) is 5.91 Å². The summed E-state index contributed by atoms with van der Waals surface area (Å²) in [5.74, 6) is -0.611. The number of ether oxygens (including phenoxy) is 1. The van der Waals surface area contributed by atoms with E-state index in [1.807, 2.05) is 0 Å². The van der Waals surface area contributed by atoms with Crippen LogP contribution in [0.4, 0.5) is 0 Å². The van der Waals surface area contributed by atoms with Gasteiger partial charge in [0.1, 0.15) is 17.5 Å². The molecule has 3 N–H and O–H groups in total. The summed E-state index contributed by atoms with van der Waals surface area (Å²) in [6, 6.07) is 11.8. The number of amides is 1. The number of methoxy groups -OCH3 is 1. The molecular weight excluding hydrogens is 564 g/mol. The molecule has 140 valence electrons. The number of rotatable bonds is 6. The Morgan fingerprint density at radius 3 is 1.88 bits per heavy atom. The van der Waals surface area contributed by atoms with E-state index in [9.17, 15) is 19.8 Å². The van der Waals surface area contributed by atoms with Gasteiger partial charge in [0.15, 0.2) is 0 Å². The average Bonchev–Trinajstić information content (AvgIpc) is 2.66. The lowest BCUT2D eigenvalue weighted by atomic mass is 10.0. The van der Waals surface area contributed by atoms with Gasteiger partial charge in [0.25, 0.3) is 0 Å². The summed E-state index contributed by atoms with van der Waals surface area (Å²) >= 11 is 4.24. The molecule has 0 saturated heterocycles. The summed E-state index contributed by atoms with van der Waals surface area (Å²) in [5, 5.41) is 21.2. The molecule has 1 atom stereocenters. The van der Waals surface area contributed by atoms with Crippen molar-refractivity contribution in [3.63, 3.8) is 0 Å². The number of carbonyl (C=O) groups excluding carboxylic acids is 2. The minimum absolute atomic E-state index is 0.0867. The molecule has 6 nitrogen and oxygen atoms in total. The maximum Gasteiger partial charge on any atom is 0.328 e. The molecule has 0 fully saturated rings. The van der Waals surface area contributed by atoms with Crippen molar-refractivity contribution < 1.29 is 24.5 Å². The highest BCUT2D eigenvalue weighted by molar-refractivity contribution is 15.0. The molecule has 0 heterocycles. The molecular formula is C18H19I2NO5. The van der Waals surface area contributed by atoms with Crippen molar-refractivity contribution in [1.82, 2.24) is 5.32 Å². The van der Waals surface area contributed by atoms with Gasteiger partial charge < -0.3 is 20.3 Å². The molecule has 0 aliphatic carbocycles. The van der Waals surface area contributed by atoms with E-state index in [4.69, 9.17) is 4.74 Å². The number of phenols is 2. The van der Waals surface area contributed by atoms with E-state index < -0.39 is 12.0 Å². The Morgan fingerprint density at radius 2 is 1.42 bits per heavy atom. The zero-order valence-electron chi connectivity index (χ0n) is 14.0. The molecule has 2 rings (SSSR count). The molecule has 0 radical (unpaired) electrons. The molecule has 1 unspecified atom stereocenters. The second-order valence-electron chi connectivity index (χ2n) is 5.36. The molecule has 1 amide bonds. The number of hydrogen-bond acceptors (Lipinski definition) is 5. The number of hydrogen-bond donors (Lipinski definition) is 3. The molecule has 2 aromatic carbocycles. The number of esters is 1. The Morgan fingerprint density at radius 1 is 0.962 bits per heavy atom. The molecule has 2 aromatic rings. The van der Waals surface area contributed by atoms with E-state index in [0.29, 0.717) is 0 Å². The first-order valence-electron chi connectivity index (χ1n) is 7.55. The summed E-state index contributed by atoms with van der Waals surface area (Å²) < 4.78 is 4.74. The second kappa shape index (κ2) is 11.9. The fourth-order valence-corrected chi connectivity index (χ4v) is 2.25. The van der Waals surface area contributed by atoms with Crippen molar-refractivity contribution in [3.8, 4) is 11.5 Å². The fourth-order valence-electron chi connectivity index (χ4n) is 2.25. The van der Waals surface area contributed by atoms with Gasteiger partial charge in [-0.3, -0.25) is 4.79 Å². The highest BCUT2D eigenvalue weighted by Gasteiger charge is 2.22. The zero-order valence-corrected chi connectivity index (χ0v) is 18.3. The predicted octanol–water partition coefficient (Wildman–Crippen LogP) is 3.31. The number of benzene rings is 2. The van der Waals surface area contributed by atoms with Crippen molar-refractivity contribution in [3.05, 3.63) is 59.7 Å². The summed E-state index contributed by atoms with van der Waals surface area (Å²) in [5.41, 5.74) is 1.51. The average molecular weight is 583 g/mol. The van der Waals surface area contributed by atoms with E-state index in [1.165, 1.54) is 31.4 Å². The number of nitrogens with one attached hydrogen (secondary N) is 1. The monoisotopic (exact) mass is 583 g/mol. The quantitative estimate of drug-likeness (QED) is 0.359. The lowest BCUT2D eigenvalue weighted by Gasteiger charge is -2.17. The zero-order chi connectivity index (χ0) is 19.5. The Hall–Kier alpha value is -1.56. The van der Waals surface area contributed by atoms with Crippen LogP contribution in [0.3, 0.4) is 0 Å². The highest BCUT2D eigenvalue weighted by Crippen LogP contribution is 2.13. The third kappa shape index (κ3) is 7.77. The number of halogens is 2. The van der Waals surface area contributed by atoms with Crippen molar-refractivity contribution in [2.75, 3.05) is 7.11 Å². The number of aromatic hydroxyl groups is 2.